The first-order chi connectivity index (χ1) is 6.64. The molecule has 5 heteroatoms. The van der Waals surface area contributed by atoms with Crippen molar-refractivity contribution in [1.29, 1.82) is 0 Å². The molecule has 0 heterocycles. The van der Waals surface area contributed by atoms with Gasteiger partial charge in [0.15, 0.2) is 0 Å². The second kappa shape index (κ2) is 7.36. The van der Waals surface area contributed by atoms with Crippen molar-refractivity contribution in [3.63, 3.8) is 0 Å². The third-order valence-electron chi connectivity index (χ3n) is 1.93. The summed E-state index contributed by atoms with van der Waals surface area (Å²) in [7, 11) is 1.02. The van der Waals surface area contributed by atoms with Gasteiger partial charge in [0.25, 0.3) is 5.91 Å². The summed E-state index contributed by atoms with van der Waals surface area (Å²) in [6.45, 7) is 7.44. The molecule has 1 unspecified atom stereocenters. The highest BCUT2D eigenvalue weighted by molar-refractivity contribution is 6.08. The zero-order valence-corrected chi connectivity index (χ0v) is 11.7. The molecule has 0 saturated heterocycles. The molecule has 0 saturated carbocycles. The SMILES string of the molecule is CCOC(C[SiH3])C(N)(OCC)OCC. The highest BCUT2D eigenvalue weighted by Gasteiger charge is 2.36. The molecule has 86 valence electrons. The molecule has 0 aliphatic heterocycles. The van der Waals surface area contributed by atoms with E-state index in [2.05, 4.69) is 0 Å². The maximum absolute atomic E-state index is 6.01. The van der Waals surface area contributed by atoms with Crippen molar-refractivity contribution < 1.29 is 14.2 Å². The molecule has 0 bridgehead atoms. The standard InChI is InChI=1S/C9H23NO3Si/c1-4-11-8(7-14)9(10,12-5-2)13-6-3/h8H,4-7,10H2,1-3,14H3. The van der Waals surface area contributed by atoms with Gasteiger partial charge in [-0.3, -0.25) is 5.73 Å². The van der Waals surface area contributed by atoms with Crippen LogP contribution in [0.2, 0.25) is 6.04 Å². The Morgan fingerprint density at radius 3 is 1.93 bits per heavy atom. The molecule has 1 atom stereocenters. The minimum Gasteiger partial charge on any atom is -0.372 e. The summed E-state index contributed by atoms with van der Waals surface area (Å²) in [5, 5.41) is 0. The largest absolute Gasteiger partial charge is 0.372 e. The summed E-state index contributed by atoms with van der Waals surface area (Å²) in [4.78, 5) is 0. The van der Waals surface area contributed by atoms with E-state index in [-0.39, 0.29) is 6.10 Å². The molecule has 0 rings (SSSR count). The molecular weight excluding hydrogens is 198 g/mol. The summed E-state index contributed by atoms with van der Waals surface area (Å²) in [6.07, 6.45) is -0.154. The third kappa shape index (κ3) is 4.06. The lowest BCUT2D eigenvalue weighted by atomic mass is 10.3. The van der Waals surface area contributed by atoms with Crippen molar-refractivity contribution in [3.8, 4) is 0 Å². The van der Waals surface area contributed by atoms with E-state index in [1.807, 2.05) is 20.8 Å². The van der Waals surface area contributed by atoms with E-state index in [4.69, 9.17) is 19.9 Å². The number of rotatable bonds is 8. The number of hydrogen-bond donors (Lipinski definition) is 1. The molecule has 0 fully saturated rings. The van der Waals surface area contributed by atoms with Gasteiger partial charge in [-0.1, -0.05) is 0 Å². The Bertz CT molecular complexity index is 140. The average Bonchev–Trinajstić information content (AvgIpc) is 2.14. The highest BCUT2D eigenvalue weighted by Crippen LogP contribution is 2.17. The van der Waals surface area contributed by atoms with Gasteiger partial charge in [-0.05, 0) is 26.8 Å². The monoisotopic (exact) mass is 221 g/mol. The van der Waals surface area contributed by atoms with Crippen LogP contribution in [0.25, 0.3) is 0 Å². The van der Waals surface area contributed by atoms with Crippen LogP contribution in [0.5, 0.6) is 0 Å². The zero-order valence-electron chi connectivity index (χ0n) is 9.71. The maximum atomic E-state index is 6.01. The van der Waals surface area contributed by atoms with E-state index in [0.29, 0.717) is 19.8 Å². The Morgan fingerprint density at radius 2 is 1.64 bits per heavy atom. The van der Waals surface area contributed by atoms with Crippen LogP contribution in [0.4, 0.5) is 0 Å². The van der Waals surface area contributed by atoms with Crippen molar-refractivity contribution in [2.24, 2.45) is 5.73 Å². The Balaban J connectivity index is 4.39. The number of ether oxygens (including phenoxy) is 3. The number of hydrogen-bond acceptors (Lipinski definition) is 4. The number of nitrogens with two attached hydrogens (primary N) is 1. The van der Waals surface area contributed by atoms with Crippen molar-refractivity contribution in [1.82, 2.24) is 0 Å². The summed E-state index contributed by atoms with van der Waals surface area (Å²) in [5.74, 6) is -1.07. The molecule has 0 aromatic carbocycles. The van der Waals surface area contributed by atoms with Crippen LogP contribution < -0.4 is 5.73 Å². The molecule has 2 N–H and O–H groups in total. The molecule has 0 radical (unpaired) electrons. The van der Waals surface area contributed by atoms with E-state index < -0.39 is 5.91 Å². The lowest BCUT2D eigenvalue weighted by molar-refractivity contribution is -0.281. The molecule has 4 nitrogen and oxygen atoms in total. The van der Waals surface area contributed by atoms with Gasteiger partial charge in [0.1, 0.15) is 6.10 Å². The lowest BCUT2D eigenvalue weighted by Gasteiger charge is -2.35. The summed E-state index contributed by atoms with van der Waals surface area (Å²) >= 11 is 0. The van der Waals surface area contributed by atoms with Crippen LogP contribution in [0.15, 0.2) is 0 Å². The smallest absolute Gasteiger partial charge is 0.252 e. The molecule has 0 aromatic heterocycles. The van der Waals surface area contributed by atoms with Crippen LogP contribution in [-0.4, -0.2) is 42.1 Å². The van der Waals surface area contributed by atoms with E-state index >= 15 is 0 Å². The fourth-order valence-electron chi connectivity index (χ4n) is 1.40. The van der Waals surface area contributed by atoms with Crippen molar-refractivity contribution in [2.45, 2.75) is 38.8 Å². The highest BCUT2D eigenvalue weighted by atomic mass is 28.1. The van der Waals surface area contributed by atoms with Crippen LogP contribution in [-0.2, 0) is 14.2 Å². The van der Waals surface area contributed by atoms with Gasteiger partial charge >= 0.3 is 0 Å². The van der Waals surface area contributed by atoms with Gasteiger partial charge in [-0.15, -0.1) is 0 Å². The van der Waals surface area contributed by atoms with Crippen LogP contribution in [0.1, 0.15) is 20.8 Å². The van der Waals surface area contributed by atoms with Gasteiger partial charge in [-0.25, -0.2) is 0 Å². The molecule has 0 aliphatic carbocycles. The van der Waals surface area contributed by atoms with E-state index in [1.54, 1.807) is 0 Å². The fraction of sp³-hybridized carbons (Fsp3) is 1.00. The quantitative estimate of drug-likeness (QED) is 0.458. The predicted molar refractivity (Wildman–Crippen MR) is 60.3 cm³/mol. The maximum Gasteiger partial charge on any atom is 0.252 e. The second-order valence-corrected chi connectivity index (χ2v) is 3.76. The normalized spacial score (nSPS) is 14.6. The first-order valence-corrected chi connectivity index (χ1v) is 6.74. The van der Waals surface area contributed by atoms with Gasteiger partial charge in [0, 0.05) is 30.1 Å². The van der Waals surface area contributed by atoms with Gasteiger partial charge in [0.05, 0.1) is 0 Å². The summed E-state index contributed by atoms with van der Waals surface area (Å²) in [5.41, 5.74) is 6.01. The van der Waals surface area contributed by atoms with Crippen LogP contribution in [0, 0.1) is 0 Å². The van der Waals surface area contributed by atoms with Crippen molar-refractivity contribution in [2.75, 3.05) is 19.8 Å². The minimum atomic E-state index is -1.07. The zero-order chi connectivity index (χ0) is 11.0. The van der Waals surface area contributed by atoms with E-state index in [1.165, 1.54) is 0 Å². The summed E-state index contributed by atoms with van der Waals surface area (Å²) < 4.78 is 16.4. The Hall–Kier alpha value is 0.0569. The predicted octanol–water partition coefficient (Wildman–Crippen LogP) is -0.139. The molecule has 0 aliphatic rings. The van der Waals surface area contributed by atoms with E-state index in [0.717, 1.165) is 16.3 Å². The van der Waals surface area contributed by atoms with Crippen molar-refractivity contribution in [3.05, 3.63) is 0 Å². The minimum absolute atomic E-state index is 0.154. The van der Waals surface area contributed by atoms with Gasteiger partial charge in [0.2, 0.25) is 0 Å². The first kappa shape index (κ1) is 14.1. The Labute approximate surface area is 89.5 Å². The van der Waals surface area contributed by atoms with Crippen LogP contribution in [0.3, 0.4) is 0 Å². The van der Waals surface area contributed by atoms with Gasteiger partial charge < -0.3 is 14.2 Å². The topological polar surface area (TPSA) is 53.7 Å². The van der Waals surface area contributed by atoms with Crippen molar-refractivity contribution >= 4 is 10.2 Å². The third-order valence-corrected chi connectivity index (χ3v) is 2.67. The molecular formula is C9H23NO3Si. The second-order valence-electron chi connectivity index (χ2n) is 2.94. The van der Waals surface area contributed by atoms with Crippen LogP contribution >= 0.6 is 0 Å². The first-order valence-electron chi connectivity index (χ1n) is 5.32. The van der Waals surface area contributed by atoms with Gasteiger partial charge in [-0.2, -0.15) is 0 Å². The fourth-order valence-corrected chi connectivity index (χ4v) is 2.20. The molecule has 0 amide bonds. The summed E-state index contributed by atoms with van der Waals surface area (Å²) in [6, 6.07) is 0.907. The Kier molecular flexibility index (Phi) is 7.39. The van der Waals surface area contributed by atoms with E-state index in [9.17, 15) is 0 Å². The Morgan fingerprint density at radius 1 is 1.14 bits per heavy atom. The average molecular weight is 221 g/mol. The molecule has 14 heavy (non-hydrogen) atoms. The lowest BCUT2D eigenvalue weighted by Crippen LogP contribution is -2.56. The molecule has 0 spiro atoms. The molecule has 0 aromatic rings.